The van der Waals surface area contributed by atoms with Gasteiger partial charge in [-0.25, -0.2) is 4.39 Å². The van der Waals surface area contributed by atoms with Gasteiger partial charge in [0.1, 0.15) is 11.6 Å². The third-order valence-corrected chi connectivity index (χ3v) is 5.05. The van der Waals surface area contributed by atoms with Crippen LogP contribution in [0.1, 0.15) is 13.8 Å². The fourth-order valence-corrected chi connectivity index (χ4v) is 3.52. The van der Waals surface area contributed by atoms with E-state index in [0.29, 0.717) is 34.7 Å². The van der Waals surface area contributed by atoms with Crippen molar-refractivity contribution in [3.63, 3.8) is 0 Å². The van der Waals surface area contributed by atoms with Crippen LogP contribution < -0.4 is 10.1 Å². The topological polar surface area (TPSA) is 69.0 Å². The number of nitrogens with zero attached hydrogens (tertiary/aromatic N) is 3. The molecule has 1 amide bonds. The molecule has 0 aliphatic rings. The molecule has 0 aliphatic carbocycles. The van der Waals surface area contributed by atoms with E-state index in [1.54, 1.807) is 49.6 Å². The van der Waals surface area contributed by atoms with Crippen molar-refractivity contribution >= 4 is 23.4 Å². The Kier molecular flexibility index (Phi) is 6.87. The molecule has 0 aliphatic heterocycles. The highest BCUT2D eigenvalue weighted by atomic mass is 32.2. The summed E-state index contributed by atoms with van der Waals surface area (Å²) in [5.41, 5.74) is 1.09. The van der Waals surface area contributed by atoms with Gasteiger partial charge in [0, 0.05) is 12.2 Å². The van der Waals surface area contributed by atoms with E-state index in [9.17, 15) is 9.18 Å². The van der Waals surface area contributed by atoms with Gasteiger partial charge in [0.05, 0.1) is 18.4 Å². The first-order valence-electron chi connectivity index (χ1n) is 9.22. The zero-order chi connectivity index (χ0) is 20.8. The molecule has 0 atom stereocenters. The maximum Gasteiger partial charge on any atom is 0.234 e. The minimum atomic E-state index is -0.348. The van der Waals surface area contributed by atoms with Gasteiger partial charge in [-0.2, -0.15) is 0 Å². The molecule has 0 bridgehead atoms. The van der Waals surface area contributed by atoms with Crippen molar-refractivity contribution in [1.29, 1.82) is 0 Å². The standard InChI is InChI=1S/C21H23FN4O2S/c1-14(2)12-26-20(17-6-4-5-7-18(17)22)24-25-21(26)29-13-19(27)23-15-8-10-16(28-3)11-9-15/h4-11,14H,12-13H2,1-3H3,(H,23,27). The zero-order valence-corrected chi connectivity index (χ0v) is 17.4. The molecule has 29 heavy (non-hydrogen) atoms. The van der Waals surface area contributed by atoms with E-state index >= 15 is 0 Å². The number of ether oxygens (including phenoxy) is 1. The highest BCUT2D eigenvalue weighted by molar-refractivity contribution is 7.99. The molecule has 3 aromatic rings. The number of halogens is 1. The number of amides is 1. The number of aromatic nitrogens is 3. The van der Waals surface area contributed by atoms with E-state index in [1.165, 1.54) is 17.8 Å². The second kappa shape index (κ2) is 9.56. The molecule has 1 aromatic heterocycles. The maximum absolute atomic E-state index is 14.3. The molecular weight excluding hydrogens is 391 g/mol. The molecular formula is C21H23FN4O2S. The average molecular weight is 415 g/mol. The lowest BCUT2D eigenvalue weighted by molar-refractivity contribution is -0.113. The molecule has 6 nitrogen and oxygen atoms in total. The lowest BCUT2D eigenvalue weighted by Crippen LogP contribution is -2.15. The molecule has 0 saturated heterocycles. The molecule has 2 aromatic carbocycles. The third kappa shape index (κ3) is 5.35. The number of carbonyl (C=O) groups is 1. The molecule has 3 rings (SSSR count). The lowest BCUT2D eigenvalue weighted by atomic mass is 10.2. The summed E-state index contributed by atoms with van der Waals surface area (Å²) in [7, 11) is 1.59. The lowest BCUT2D eigenvalue weighted by Gasteiger charge is -2.13. The predicted molar refractivity (Wildman–Crippen MR) is 113 cm³/mol. The number of hydrogen-bond acceptors (Lipinski definition) is 5. The predicted octanol–water partition coefficient (Wildman–Crippen LogP) is 4.48. The van der Waals surface area contributed by atoms with Crippen molar-refractivity contribution in [3.05, 3.63) is 54.3 Å². The highest BCUT2D eigenvalue weighted by Gasteiger charge is 2.18. The first-order chi connectivity index (χ1) is 14.0. The van der Waals surface area contributed by atoms with Crippen LogP contribution in [0.5, 0.6) is 5.75 Å². The summed E-state index contributed by atoms with van der Waals surface area (Å²) >= 11 is 1.28. The Labute approximate surface area is 173 Å². The van der Waals surface area contributed by atoms with Crippen molar-refractivity contribution in [2.24, 2.45) is 5.92 Å². The first kappa shape index (κ1) is 20.9. The fourth-order valence-electron chi connectivity index (χ4n) is 2.77. The van der Waals surface area contributed by atoms with Crippen molar-refractivity contribution in [1.82, 2.24) is 14.8 Å². The second-order valence-corrected chi connectivity index (χ2v) is 7.80. The Morgan fingerprint density at radius 2 is 1.90 bits per heavy atom. The Bertz CT molecular complexity index is 973. The minimum absolute atomic E-state index is 0.160. The highest BCUT2D eigenvalue weighted by Crippen LogP contribution is 2.27. The number of thioether (sulfide) groups is 1. The maximum atomic E-state index is 14.3. The number of hydrogen-bond donors (Lipinski definition) is 1. The molecule has 0 radical (unpaired) electrons. The third-order valence-electron chi connectivity index (χ3n) is 4.09. The number of nitrogens with one attached hydrogen (secondary N) is 1. The van der Waals surface area contributed by atoms with Gasteiger partial charge in [0.15, 0.2) is 11.0 Å². The van der Waals surface area contributed by atoms with Gasteiger partial charge in [0.2, 0.25) is 5.91 Å². The van der Waals surface area contributed by atoms with E-state index in [0.717, 1.165) is 5.75 Å². The normalized spacial score (nSPS) is 10.9. The van der Waals surface area contributed by atoms with Gasteiger partial charge in [-0.05, 0) is 42.3 Å². The van der Waals surface area contributed by atoms with E-state index in [-0.39, 0.29) is 17.5 Å². The van der Waals surface area contributed by atoms with Gasteiger partial charge >= 0.3 is 0 Å². The Hall–Kier alpha value is -2.87. The van der Waals surface area contributed by atoms with Crippen molar-refractivity contribution in [2.75, 3.05) is 18.2 Å². The summed E-state index contributed by atoms with van der Waals surface area (Å²) in [6.45, 7) is 4.75. The average Bonchev–Trinajstić information content (AvgIpc) is 3.09. The van der Waals surface area contributed by atoms with E-state index in [1.807, 2.05) is 4.57 Å². The number of anilines is 1. The second-order valence-electron chi connectivity index (χ2n) is 6.86. The number of methoxy groups -OCH3 is 1. The monoisotopic (exact) mass is 414 g/mol. The quantitative estimate of drug-likeness (QED) is 0.551. The van der Waals surface area contributed by atoms with Crippen LogP contribution in [0.15, 0.2) is 53.7 Å². The van der Waals surface area contributed by atoms with Crippen LogP contribution in [-0.4, -0.2) is 33.5 Å². The van der Waals surface area contributed by atoms with Crippen LogP contribution in [-0.2, 0) is 11.3 Å². The molecule has 1 heterocycles. The van der Waals surface area contributed by atoms with Crippen LogP contribution in [0.4, 0.5) is 10.1 Å². The van der Waals surface area contributed by atoms with Crippen LogP contribution in [0.25, 0.3) is 11.4 Å². The summed E-state index contributed by atoms with van der Waals surface area (Å²) in [5.74, 6) is 1.16. The molecule has 0 fully saturated rings. The van der Waals surface area contributed by atoms with Gasteiger partial charge in [-0.3, -0.25) is 4.79 Å². The fraction of sp³-hybridized carbons (Fsp3) is 0.286. The van der Waals surface area contributed by atoms with Gasteiger partial charge in [0.25, 0.3) is 0 Å². The van der Waals surface area contributed by atoms with Gasteiger partial charge in [-0.1, -0.05) is 37.7 Å². The number of rotatable bonds is 8. The van der Waals surface area contributed by atoms with Crippen LogP contribution in [0.2, 0.25) is 0 Å². The van der Waals surface area contributed by atoms with E-state index in [2.05, 4.69) is 29.4 Å². The van der Waals surface area contributed by atoms with Crippen molar-refractivity contribution in [3.8, 4) is 17.1 Å². The zero-order valence-electron chi connectivity index (χ0n) is 16.6. The van der Waals surface area contributed by atoms with Crippen molar-refractivity contribution < 1.29 is 13.9 Å². The van der Waals surface area contributed by atoms with E-state index < -0.39 is 0 Å². The van der Waals surface area contributed by atoms with Gasteiger partial charge in [-0.15, -0.1) is 10.2 Å². The Morgan fingerprint density at radius 1 is 1.17 bits per heavy atom. The molecule has 8 heteroatoms. The number of benzene rings is 2. The van der Waals surface area contributed by atoms with Crippen LogP contribution in [0, 0.1) is 11.7 Å². The summed E-state index contributed by atoms with van der Waals surface area (Å²) in [6.07, 6.45) is 0. The number of carbonyl (C=O) groups excluding carboxylic acids is 1. The molecule has 0 saturated carbocycles. The van der Waals surface area contributed by atoms with Gasteiger partial charge < -0.3 is 14.6 Å². The summed E-state index contributed by atoms with van der Waals surface area (Å²) in [6, 6.07) is 13.6. The Morgan fingerprint density at radius 3 is 2.55 bits per heavy atom. The summed E-state index contributed by atoms with van der Waals surface area (Å²) in [5, 5.41) is 11.8. The molecule has 1 N–H and O–H groups in total. The largest absolute Gasteiger partial charge is 0.497 e. The first-order valence-corrected chi connectivity index (χ1v) is 10.2. The van der Waals surface area contributed by atoms with Crippen LogP contribution >= 0.6 is 11.8 Å². The van der Waals surface area contributed by atoms with Crippen LogP contribution in [0.3, 0.4) is 0 Å². The molecule has 0 unspecified atom stereocenters. The minimum Gasteiger partial charge on any atom is -0.497 e. The SMILES string of the molecule is COc1ccc(NC(=O)CSc2nnc(-c3ccccc3F)n2CC(C)C)cc1. The summed E-state index contributed by atoms with van der Waals surface area (Å²) < 4.78 is 21.2. The van der Waals surface area contributed by atoms with Crippen molar-refractivity contribution in [2.45, 2.75) is 25.5 Å². The molecule has 152 valence electrons. The van der Waals surface area contributed by atoms with E-state index in [4.69, 9.17) is 4.74 Å². The Balaban J connectivity index is 1.73. The summed E-state index contributed by atoms with van der Waals surface area (Å²) in [4.78, 5) is 12.3. The smallest absolute Gasteiger partial charge is 0.234 e. The molecule has 0 spiro atoms.